The molecule has 1 amide bonds. The summed E-state index contributed by atoms with van der Waals surface area (Å²) >= 11 is 0. The zero-order valence-corrected chi connectivity index (χ0v) is 14.2. The van der Waals surface area contributed by atoms with E-state index in [2.05, 4.69) is 33.4 Å². The molecule has 0 bridgehead atoms. The number of hydrogen-bond donors (Lipinski definition) is 1. The number of nitrogens with zero attached hydrogens (tertiary/aromatic N) is 2. The van der Waals surface area contributed by atoms with Gasteiger partial charge in [0, 0.05) is 25.0 Å². The summed E-state index contributed by atoms with van der Waals surface area (Å²) in [5.74, 6) is 0.0808. The highest BCUT2D eigenvalue weighted by atomic mass is 19.1. The summed E-state index contributed by atoms with van der Waals surface area (Å²) in [4.78, 5) is 19.3. The van der Waals surface area contributed by atoms with Crippen molar-refractivity contribution in [2.45, 2.75) is 13.0 Å². The van der Waals surface area contributed by atoms with Gasteiger partial charge in [-0.15, -0.1) is 0 Å². The van der Waals surface area contributed by atoms with Crippen molar-refractivity contribution in [2.75, 3.05) is 16.8 Å². The van der Waals surface area contributed by atoms with Crippen LogP contribution in [-0.4, -0.2) is 17.4 Å². The highest BCUT2D eigenvalue weighted by Crippen LogP contribution is 2.26. The molecule has 0 aliphatic carbocycles. The van der Waals surface area contributed by atoms with E-state index in [1.165, 1.54) is 23.3 Å². The van der Waals surface area contributed by atoms with E-state index in [1.807, 2.05) is 6.07 Å². The molecule has 1 N–H and O–H groups in total. The average Bonchev–Trinajstić information content (AvgIpc) is 2.69. The van der Waals surface area contributed by atoms with Gasteiger partial charge in [-0.3, -0.25) is 4.79 Å². The van der Waals surface area contributed by atoms with Crippen LogP contribution in [0.2, 0.25) is 0 Å². The van der Waals surface area contributed by atoms with Gasteiger partial charge in [0.15, 0.2) is 0 Å². The molecule has 2 aromatic carbocycles. The summed E-state index contributed by atoms with van der Waals surface area (Å²) < 4.78 is 13.0. The Morgan fingerprint density at radius 2 is 1.77 bits per heavy atom. The molecule has 1 aliphatic heterocycles. The fourth-order valence-electron chi connectivity index (χ4n) is 3.23. The van der Waals surface area contributed by atoms with Crippen LogP contribution in [0.4, 0.5) is 15.9 Å². The molecular weight excluding hydrogens is 329 g/mol. The second kappa shape index (κ2) is 6.96. The summed E-state index contributed by atoms with van der Waals surface area (Å²) in [6.07, 6.45) is 2.62. The molecule has 0 radical (unpaired) electrons. The number of rotatable bonds is 3. The monoisotopic (exact) mass is 347 g/mol. The molecule has 5 heteroatoms. The Hall–Kier alpha value is -3.21. The highest BCUT2D eigenvalue weighted by molar-refractivity contribution is 6.07. The van der Waals surface area contributed by atoms with E-state index in [4.69, 9.17) is 0 Å². The number of benzene rings is 2. The lowest BCUT2D eigenvalue weighted by Crippen LogP contribution is -2.32. The van der Waals surface area contributed by atoms with Gasteiger partial charge in [0.2, 0.25) is 0 Å². The maximum absolute atomic E-state index is 13.0. The molecule has 0 saturated heterocycles. The molecule has 1 aromatic heterocycles. The highest BCUT2D eigenvalue weighted by Gasteiger charge is 2.22. The van der Waals surface area contributed by atoms with E-state index in [0.717, 1.165) is 19.5 Å². The van der Waals surface area contributed by atoms with Gasteiger partial charge in [-0.2, -0.15) is 0 Å². The number of hydrogen-bond acceptors (Lipinski definition) is 3. The first-order chi connectivity index (χ1) is 12.7. The minimum atomic E-state index is -0.336. The molecule has 4 rings (SSSR count). The Bertz CT molecular complexity index is 940. The third kappa shape index (κ3) is 3.28. The van der Waals surface area contributed by atoms with Crippen LogP contribution in [0.5, 0.6) is 0 Å². The Labute approximate surface area is 151 Å². The minimum Gasteiger partial charge on any atom is -0.351 e. The Morgan fingerprint density at radius 1 is 1.00 bits per heavy atom. The number of carbonyl (C=O) groups excluding carboxylic acids is 1. The van der Waals surface area contributed by atoms with Crippen molar-refractivity contribution < 1.29 is 9.18 Å². The van der Waals surface area contributed by atoms with E-state index >= 15 is 0 Å². The standard InChI is InChI=1S/C21H18FN3O/c22-17-7-9-18(10-8-17)24-21(26)19-6-3-12-23-20(19)25-13-11-15-4-1-2-5-16(15)14-25/h1-10,12H,11,13-14H2,(H,24,26). The van der Waals surface area contributed by atoms with Crippen LogP contribution in [0.1, 0.15) is 21.5 Å². The largest absolute Gasteiger partial charge is 0.351 e. The minimum absolute atomic E-state index is 0.251. The first-order valence-electron chi connectivity index (χ1n) is 8.54. The van der Waals surface area contributed by atoms with Gasteiger partial charge in [-0.05, 0) is 53.9 Å². The molecule has 0 atom stereocenters. The summed E-state index contributed by atoms with van der Waals surface area (Å²) in [5.41, 5.74) is 3.66. The van der Waals surface area contributed by atoms with Crippen LogP contribution in [0, 0.1) is 5.82 Å². The number of halogens is 1. The third-order valence-corrected chi connectivity index (χ3v) is 4.56. The smallest absolute Gasteiger partial charge is 0.259 e. The predicted molar refractivity (Wildman–Crippen MR) is 99.8 cm³/mol. The lowest BCUT2D eigenvalue weighted by atomic mass is 9.99. The number of nitrogens with one attached hydrogen (secondary N) is 1. The van der Waals surface area contributed by atoms with Crippen LogP contribution >= 0.6 is 0 Å². The number of pyridine rings is 1. The van der Waals surface area contributed by atoms with Gasteiger partial charge in [0.05, 0.1) is 5.56 Å². The zero-order valence-electron chi connectivity index (χ0n) is 14.2. The molecule has 0 saturated carbocycles. The summed E-state index contributed by atoms with van der Waals surface area (Å²) in [7, 11) is 0. The fraction of sp³-hybridized carbons (Fsp3) is 0.143. The predicted octanol–water partition coefficient (Wildman–Crippen LogP) is 4.04. The lowest BCUT2D eigenvalue weighted by Gasteiger charge is -2.30. The van der Waals surface area contributed by atoms with Crippen molar-refractivity contribution in [3.63, 3.8) is 0 Å². The van der Waals surface area contributed by atoms with Crippen molar-refractivity contribution in [2.24, 2.45) is 0 Å². The van der Waals surface area contributed by atoms with Gasteiger partial charge in [0.1, 0.15) is 11.6 Å². The maximum atomic E-state index is 13.0. The van der Waals surface area contributed by atoms with Crippen molar-refractivity contribution in [1.29, 1.82) is 0 Å². The lowest BCUT2D eigenvalue weighted by molar-refractivity contribution is 0.102. The molecule has 3 aromatic rings. The number of carbonyl (C=O) groups is 1. The normalized spacial score (nSPS) is 13.2. The van der Waals surface area contributed by atoms with Crippen molar-refractivity contribution in [3.8, 4) is 0 Å². The van der Waals surface area contributed by atoms with Gasteiger partial charge in [-0.1, -0.05) is 24.3 Å². The van der Waals surface area contributed by atoms with E-state index in [0.29, 0.717) is 17.1 Å². The molecule has 0 spiro atoms. The van der Waals surface area contributed by atoms with E-state index in [-0.39, 0.29) is 11.7 Å². The Morgan fingerprint density at radius 3 is 2.58 bits per heavy atom. The first-order valence-corrected chi connectivity index (χ1v) is 8.54. The van der Waals surface area contributed by atoms with Gasteiger partial charge in [0.25, 0.3) is 5.91 Å². The van der Waals surface area contributed by atoms with Crippen molar-refractivity contribution >= 4 is 17.4 Å². The number of amides is 1. The molecule has 2 heterocycles. The molecular formula is C21H18FN3O. The van der Waals surface area contributed by atoms with Crippen LogP contribution in [-0.2, 0) is 13.0 Å². The SMILES string of the molecule is O=C(Nc1ccc(F)cc1)c1cccnc1N1CCc2ccccc2C1. The van der Waals surface area contributed by atoms with Crippen LogP contribution in [0.25, 0.3) is 0 Å². The number of fused-ring (bicyclic) bond motifs is 1. The average molecular weight is 347 g/mol. The first kappa shape index (κ1) is 16.3. The van der Waals surface area contributed by atoms with Crippen LogP contribution < -0.4 is 10.2 Å². The molecule has 1 aliphatic rings. The number of anilines is 2. The number of aromatic nitrogens is 1. The van der Waals surface area contributed by atoms with E-state index in [1.54, 1.807) is 30.5 Å². The Balaban J connectivity index is 1.59. The van der Waals surface area contributed by atoms with E-state index in [9.17, 15) is 9.18 Å². The zero-order chi connectivity index (χ0) is 17.9. The quantitative estimate of drug-likeness (QED) is 0.778. The Kier molecular flexibility index (Phi) is 4.35. The second-order valence-electron chi connectivity index (χ2n) is 6.28. The molecule has 4 nitrogen and oxygen atoms in total. The van der Waals surface area contributed by atoms with Crippen molar-refractivity contribution in [3.05, 3.63) is 89.4 Å². The van der Waals surface area contributed by atoms with Gasteiger partial charge >= 0.3 is 0 Å². The maximum Gasteiger partial charge on any atom is 0.259 e. The summed E-state index contributed by atoms with van der Waals surface area (Å²) in [5, 5.41) is 2.81. The fourth-order valence-corrected chi connectivity index (χ4v) is 3.23. The third-order valence-electron chi connectivity index (χ3n) is 4.56. The van der Waals surface area contributed by atoms with Gasteiger partial charge < -0.3 is 10.2 Å². The summed E-state index contributed by atoms with van der Waals surface area (Å²) in [6, 6.07) is 17.6. The van der Waals surface area contributed by atoms with Crippen LogP contribution in [0.15, 0.2) is 66.9 Å². The van der Waals surface area contributed by atoms with E-state index < -0.39 is 0 Å². The van der Waals surface area contributed by atoms with Gasteiger partial charge in [-0.25, -0.2) is 9.37 Å². The molecule has 0 unspecified atom stereocenters. The molecule has 130 valence electrons. The van der Waals surface area contributed by atoms with Crippen LogP contribution in [0.3, 0.4) is 0 Å². The second-order valence-corrected chi connectivity index (χ2v) is 6.28. The topological polar surface area (TPSA) is 45.2 Å². The molecule has 26 heavy (non-hydrogen) atoms. The van der Waals surface area contributed by atoms with Crippen molar-refractivity contribution in [1.82, 2.24) is 4.98 Å². The summed E-state index contributed by atoms with van der Waals surface area (Å²) in [6.45, 7) is 1.54. The molecule has 0 fully saturated rings.